The second-order valence-electron chi connectivity index (χ2n) is 21.6. The van der Waals surface area contributed by atoms with Gasteiger partial charge in [0.15, 0.2) is 0 Å². The third-order valence-electron chi connectivity index (χ3n) is 18.6. The van der Waals surface area contributed by atoms with Gasteiger partial charge in [0.05, 0.1) is 16.2 Å². The van der Waals surface area contributed by atoms with Crippen LogP contribution in [-0.4, -0.2) is 0 Å². The monoisotopic (exact) mass is 948 g/mol. The summed E-state index contributed by atoms with van der Waals surface area (Å²) in [6.45, 7) is 0. The lowest BCUT2D eigenvalue weighted by Crippen LogP contribution is -2.28. The molecule has 11 aromatic carbocycles. The molecule has 1 unspecified atom stereocenters. The summed E-state index contributed by atoms with van der Waals surface area (Å²) in [5, 5.41) is 0. The van der Waals surface area contributed by atoms with Crippen LogP contribution >= 0.6 is 0 Å². The third-order valence-corrected chi connectivity index (χ3v) is 18.6. The SMILES string of the molecule is C1=C(c2ccc(C3(c4ccc(-c5ccc6c(c5)C5(c7ccccc7-c7ccccc75)c5ccccc5-6)cc4)c4ccccc4-c4ccccc43)cc2)C=C2C(C1)c1ccccc1C21c2ccccc2-c2ccccc21. The highest BCUT2D eigenvalue weighted by atomic mass is 14.6. The molecule has 17 rings (SSSR count). The summed E-state index contributed by atoms with van der Waals surface area (Å²) in [5.74, 6) is 0.325. The Morgan fingerprint density at radius 2 is 0.613 bits per heavy atom. The van der Waals surface area contributed by atoms with Crippen molar-refractivity contribution in [2.75, 3.05) is 0 Å². The molecule has 6 aliphatic rings. The normalized spacial score (nSPS) is 17.1. The first-order chi connectivity index (χ1) is 37.2. The largest absolute Gasteiger partial charge is 0.0757 e. The van der Waals surface area contributed by atoms with Crippen LogP contribution in [0.4, 0.5) is 0 Å². The topological polar surface area (TPSA) is 0 Å². The van der Waals surface area contributed by atoms with E-state index < -0.39 is 5.41 Å². The van der Waals surface area contributed by atoms with Crippen LogP contribution in [0, 0.1) is 0 Å². The molecule has 11 aromatic rings. The molecule has 6 aliphatic carbocycles. The number of hydrogen-bond acceptors (Lipinski definition) is 0. The van der Waals surface area contributed by atoms with Crippen molar-refractivity contribution in [1.29, 1.82) is 0 Å². The predicted octanol–water partition coefficient (Wildman–Crippen LogP) is 17.9. The van der Waals surface area contributed by atoms with Gasteiger partial charge >= 0.3 is 0 Å². The van der Waals surface area contributed by atoms with Crippen LogP contribution in [0.15, 0.2) is 279 Å². The highest BCUT2D eigenvalue weighted by Gasteiger charge is 2.56. The molecular formula is C75H48. The number of allylic oxidation sites excluding steroid dienone is 4. The maximum absolute atomic E-state index is 2.57. The number of benzene rings is 11. The number of fused-ring (bicyclic) bond motifs is 23. The summed E-state index contributed by atoms with van der Waals surface area (Å²) in [7, 11) is 0. The molecule has 0 aliphatic heterocycles. The molecule has 348 valence electrons. The molecule has 0 aromatic heterocycles. The van der Waals surface area contributed by atoms with Gasteiger partial charge in [0.1, 0.15) is 0 Å². The van der Waals surface area contributed by atoms with Crippen LogP contribution in [0.25, 0.3) is 61.2 Å². The lowest BCUT2D eigenvalue weighted by atomic mass is 9.67. The third kappa shape index (κ3) is 5.08. The summed E-state index contributed by atoms with van der Waals surface area (Å²) in [6.07, 6.45) is 6.05. The van der Waals surface area contributed by atoms with Gasteiger partial charge in [0.2, 0.25) is 0 Å². The lowest BCUT2D eigenvalue weighted by molar-refractivity contribution is 0.709. The lowest BCUT2D eigenvalue weighted by Gasteiger charge is -2.34. The summed E-state index contributed by atoms with van der Waals surface area (Å²) in [5.41, 5.74) is 32.3. The van der Waals surface area contributed by atoms with E-state index in [1.807, 2.05) is 0 Å². The second kappa shape index (κ2) is 15.0. The Bertz CT molecular complexity index is 4170. The van der Waals surface area contributed by atoms with Crippen LogP contribution in [0.2, 0.25) is 0 Å². The van der Waals surface area contributed by atoms with Crippen LogP contribution in [0.1, 0.15) is 84.7 Å². The van der Waals surface area contributed by atoms with Crippen LogP contribution in [-0.2, 0) is 16.2 Å². The van der Waals surface area contributed by atoms with Gasteiger partial charge in [0.25, 0.3) is 0 Å². The number of hydrogen-bond donors (Lipinski definition) is 0. The van der Waals surface area contributed by atoms with Gasteiger partial charge in [-0.2, -0.15) is 0 Å². The smallest absolute Gasteiger partial charge is 0.0725 e. The van der Waals surface area contributed by atoms with E-state index in [4.69, 9.17) is 0 Å². The minimum absolute atomic E-state index is 0.318. The first-order valence-electron chi connectivity index (χ1n) is 26.8. The minimum atomic E-state index is -0.524. The minimum Gasteiger partial charge on any atom is -0.0757 e. The molecule has 0 amide bonds. The average molecular weight is 949 g/mol. The Balaban J connectivity index is 0.797. The average Bonchev–Trinajstić information content (AvgIpc) is 4.40. The van der Waals surface area contributed by atoms with E-state index in [9.17, 15) is 0 Å². The van der Waals surface area contributed by atoms with Crippen LogP contribution in [0.3, 0.4) is 0 Å². The van der Waals surface area contributed by atoms with Gasteiger partial charge in [-0.15, -0.1) is 0 Å². The molecule has 0 N–H and O–H groups in total. The van der Waals surface area contributed by atoms with Gasteiger partial charge < -0.3 is 0 Å². The molecule has 0 nitrogen and oxygen atoms in total. The zero-order valence-electron chi connectivity index (χ0n) is 41.3. The molecule has 1 atom stereocenters. The molecule has 75 heavy (non-hydrogen) atoms. The summed E-state index contributed by atoms with van der Waals surface area (Å²) >= 11 is 0. The maximum atomic E-state index is 2.57. The van der Waals surface area contributed by atoms with E-state index in [2.05, 4.69) is 273 Å². The first-order valence-corrected chi connectivity index (χ1v) is 26.8. The number of rotatable bonds is 4. The fourth-order valence-corrected chi connectivity index (χ4v) is 15.8. The van der Waals surface area contributed by atoms with E-state index in [0.29, 0.717) is 5.92 Å². The van der Waals surface area contributed by atoms with Crippen molar-refractivity contribution in [3.8, 4) is 55.6 Å². The Kier molecular flexibility index (Phi) is 8.28. The van der Waals surface area contributed by atoms with Crippen LogP contribution in [0.5, 0.6) is 0 Å². The van der Waals surface area contributed by atoms with Crippen molar-refractivity contribution < 1.29 is 0 Å². The predicted molar refractivity (Wildman–Crippen MR) is 307 cm³/mol. The zero-order chi connectivity index (χ0) is 49.0. The van der Waals surface area contributed by atoms with E-state index >= 15 is 0 Å². The first kappa shape index (κ1) is 41.4. The van der Waals surface area contributed by atoms with Crippen molar-refractivity contribution in [2.24, 2.45) is 0 Å². The molecule has 0 fully saturated rings. The highest BCUT2D eigenvalue weighted by molar-refractivity contribution is 5.97. The van der Waals surface area contributed by atoms with Gasteiger partial charge in [0, 0.05) is 5.92 Å². The summed E-state index contributed by atoms with van der Waals surface area (Å²) in [6, 6.07) is 99.6. The summed E-state index contributed by atoms with van der Waals surface area (Å²) in [4.78, 5) is 0. The maximum Gasteiger partial charge on any atom is 0.0725 e. The molecule has 0 heteroatoms. The van der Waals surface area contributed by atoms with Gasteiger partial charge in [-0.3, -0.25) is 0 Å². The molecule has 2 spiro atoms. The molecule has 0 bridgehead atoms. The van der Waals surface area contributed by atoms with Crippen molar-refractivity contribution >= 4 is 5.57 Å². The molecular weight excluding hydrogens is 901 g/mol. The standard InChI is InChI=1S/C75H48/c1-9-25-63-53(17-1)54-18-2-10-26-64(54)73(63,51-39-33-47(34-40-51)49-37-43-61-59-23-7-15-31-69(59)74(71(61)45-49)65-27-11-3-19-55(65)56-20-4-12-28-66(56)74)52-41-35-48(36-42-52)50-38-44-62-60-24-8-16-32-70(60)75(72(62)46-50)67-29-13-5-21-57(67)58-22-6-14-30-68(58)75/h1-43,45-46,62H,44H2. The van der Waals surface area contributed by atoms with Gasteiger partial charge in [-0.25, -0.2) is 0 Å². The van der Waals surface area contributed by atoms with E-state index in [1.165, 1.54) is 139 Å². The van der Waals surface area contributed by atoms with Crippen molar-refractivity contribution in [2.45, 2.75) is 28.6 Å². The Hall–Kier alpha value is -9.10. The zero-order valence-corrected chi connectivity index (χ0v) is 41.3. The second-order valence-corrected chi connectivity index (χ2v) is 21.6. The van der Waals surface area contributed by atoms with Crippen LogP contribution < -0.4 is 0 Å². The molecule has 0 radical (unpaired) electrons. The fraction of sp³-hybridized carbons (Fsp3) is 0.0667. The fourth-order valence-electron chi connectivity index (χ4n) is 15.8. The van der Waals surface area contributed by atoms with Crippen molar-refractivity contribution in [3.63, 3.8) is 0 Å². The van der Waals surface area contributed by atoms with Gasteiger partial charge in [-0.05, 0) is 152 Å². The van der Waals surface area contributed by atoms with Gasteiger partial charge in [-0.1, -0.05) is 267 Å². The van der Waals surface area contributed by atoms with E-state index in [-0.39, 0.29) is 10.8 Å². The molecule has 0 saturated heterocycles. The Morgan fingerprint density at radius 1 is 0.267 bits per heavy atom. The van der Waals surface area contributed by atoms with E-state index in [0.717, 1.165) is 6.42 Å². The van der Waals surface area contributed by atoms with Crippen molar-refractivity contribution in [1.82, 2.24) is 0 Å². The summed E-state index contributed by atoms with van der Waals surface area (Å²) < 4.78 is 0. The molecule has 0 heterocycles. The molecule has 0 saturated carbocycles. The Labute approximate surface area is 438 Å². The van der Waals surface area contributed by atoms with Crippen molar-refractivity contribution in [3.05, 3.63) is 351 Å². The van der Waals surface area contributed by atoms with E-state index in [1.54, 1.807) is 0 Å². The highest BCUT2D eigenvalue weighted by Crippen LogP contribution is 2.67. The Morgan fingerprint density at radius 3 is 1.07 bits per heavy atom. The quantitative estimate of drug-likeness (QED) is 0.165.